The molecule has 9 heteroatoms. The molecule has 0 aromatic heterocycles. The number of carbonyl (C=O) groups excluding carboxylic acids is 3. The summed E-state index contributed by atoms with van der Waals surface area (Å²) in [5, 5.41) is 5.84. The van der Waals surface area contributed by atoms with Crippen molar-refractivity contribution in [1.29, 1.82) is 0 Å². The van der Waals surface area contributed by atoms with E-state index in [1.165, 1.54) is 10.5 Å². The van der Waals surface area contributed by atoms with Crippen molar-refractivity contribution in [3.8, 4) is 0 Å². The second kappa shape index (κ2) is 11.6. The summed E-state index contributed by atoms with van der Waals surface area (Å²) in [5.74, 6) is -0.0480. The Morgan fingerprint density at radius 3 is 2.43 bits per heavy atom. The Morgan fingerprint density at radius 2 is 1.86 bits per heavy atom. The van der Waals surface area contributed by atoms with Crippen molar-refractivity contribution >= 4 is 18.0 Å². The summed E-state index contributed by atoms with van der Waals surface area (Å²) in [6.07, 6.45) is 0. The fraction of sp³-hybridized carbons (Fsp3) is 0.577. The van der Waals surface area contributed by atoms with Crippen molar-refractivity contribution < 1.29 is 19.1 Å². The van der Waals surface area contributed by atoms with Gasteiger partial charge in [0.15, 0.2) is 0 Å². The van der Waals surface area contributed by atoms with E-state index in [0.29, 0.717) is 49.9 Å². The van der Waals surface area contributed by atoms with Crippen LogP contribution in [0.5, 0.6) is 0 Å². The average Bonchev–Trinajstić information content (AvgIpc) is 2.82. The van der Waals surface area contributed by atoms with Crippen LogP contribution in [0.1, 0.15) is 57.7 Å². The number of amides is 4. The maximum atomic E-state index is 13.2. The zero-order valence-corrected chi connectivity index (χ0v) is 21.8. The first-order valence-corrected chi connectivity index (χ1v) is 12.5. The SMILES string of the molecule is CCNC(=O)N1CCN(CC2=C(C(=O)OCC)[C@@H](c3ccc(C(C)C)cc3)NC(=O)N2C)C[C@@H]1C. The van der Waals surface area contributed by atoms with Crippen LogP contribution in [0.2, 0.25) is 0 Å². The molecular weight excluding hydrogens is 446 g/mol. The van der Waals surface area contributed by atoms with Crippen LogP contribution in [0.25, 0.3) is 0 Å². The van der Waals surface area contributed by atoms with Gasteiger partial charge >= 0.3 is 18.0 Å². The molecule has 0 radical (unpaired) electrons. The first-order valence-electron chi connectivity index (χ1n) is 12.5. The molecule has 1 aromatic carbocycles. The monoisotopic (exact) mass is 485 g/mol. The minimum absolute atomic E-state index is 0.00374. The molecule has 0 unspecified atom stereocenters. The number of urea groups is 2. The fourth-order valence-corrected chi connectivity index (χ4v) is 4.66. The molecule has 2 atom stereocenters. The molecule has 0 aliphatic carbocycles. The minimum Gasteiger partial charge on any atom is -0.463 e. The number of nitrogens with zero attached hydrogens (tertiary/aromatic N) is 3. The van der Waals surface area contributed by atoms with Gasteiger partial charge in [0.25, 0.3) is 0 Å². The van der Waals surface area contributed by atoms with Crippen LogP contribution in [0.4, 0.5) is 9.59 Å². The van der Waals surface area contributed by atoms with E-state index in [2.05, 4.69) is 29.4 Å². The van der Waals surface area contributed by atoms with Gasteiger partial charge in [-0.25, -0.2) is 14.4 Å². The highest BCUT2D eigenvalue weighted by atomic mass is 16.5. The topological polar surface area (TPSA) is 94.2 Å². The average molecular weight is 486 g/mol. The van der Waals surface area contributed by atoms with Crippen LogP contribution < -0.4 is 10.6 Å². The lowest BCUT2D eigenvalue weighted by molar-refractivity contribution is -0.139. The second-order valence-corrected chi connectivity index (χ2v) is 9.46. The molecule has 192 valence electrons. The third-order valence-electron chi connectivity index (χ3n) is 6.68. The number of likely N-dealkylation sites (N-methyl/N-ethyl adjacent to an activating group) is 1. The van der Waals surface area contributed by atoms with Crippen LogP contribution in [0.15, 0.2) is 35.5 Å². The van der Waals surface area contributed by atoms with Crippen LogP contribution >= 0.6 is 0 Å². The molecule has 0 bridgehead atoms. The number of hydrogen-bond donors (Lipinski definition) is 2. The van der Waals surface area contributed by atoms with Gasteiger partial charge in [-0.2, -0.15) is 0 Å². The number of carbonyl (C=O) groups is 3. The number of ether oxygens (including phenoxy) is 1. The Hall–Kier alpha value is -3.07. The van der Waals surface area contributed by atoms with E-state index in [1.54, 1.807) is 14.0 Å². The molecule has 2 aliphatic rings. The molecule has 0 spiro atoms. The summed E-state index contributed by atoms with van der Waals surface area (Å²) >= 11 is 0. The van der Waals surface area contributed by atoms with Gasteiger partial charge in [0.2, 0.25) is 0 Å². The second-order valence-electron chi connectivity index (χ2n) is 9.46. The van der Waals surface area contributed by atoms with E-state index in [9.17, 15) is 14.4 Å². The zero-order valence-electron chi connectivity index (χ0n) is 21.8. The highest BCUT2D eigenvalue weighted by molar-refractivity contribution is 5.95. The van der Waals surface area contributed by atoms with Gasteiger partial charge in [-0.3, -0.25) is 9.80 Å². The van der Waals surface area contributed by atoms with E-state index in [0.717, 1.165) is 5.56 Å². The van der Waals surface area contributed by atoms with Gasteiger partial charge < -0.3 is 20.3 Å². The predicted molar refractivity (Wildman–Crippen MR) is 135 cm³/mol. The fourth-order valence-electron chi connectivity index (χ4n) is 4.66. The van der Waals surface area contributed by atoms with Crippen LogP contribution in [-0.2, 0) is 9.53 Å². The van der Waals surface area contributed by atoms with Crippen LogP contribution in [0.3, 0.4) is 0 Å². The van der Waals surface area contributed by atoms with Gasteiger partial charge in [0.1, 0.15) is 0 Å². The number of nitrogens with one attached hydrogen (secondary N) is 2. The van der Waals surface area contributed by atoms with Crippen molar-refractivity contribution in [2.45, 2.75) is 52.6 Å². The van der Waals surface area contributed by atoms with Crippen LogP contribution in [-0.4, -0.2) is 85.2 Å². The molecule has 1 saturated heterocycles. The van der Waals surface area contributed by atoms with Crippen molar-refractivity contribution in [3.63, 3.8) is 0 Å². The number of hydrogen-bond acceptors (Lipinski definition) is 5. The highest BCUT2D eigenvalue weighted by Crippen LogP contribution is 2.32. The van der Waals surface area contributed by atoms with Gasteiger partial charge in [0, 0.05) is 51.5 Å². The lowest BCUT2D eigenvalue weighted by Crippen LogP contribution is -2.57. The summed E-state index contributed by atoms with van der Waals surface area (Å²) in [4.78, 5) is 44.0. The first kappa shape index (κ1) is 26.5. The number of rotatable bonds is 7. The number of piperazine rings is 1. The van der Waals surface area contributed by atoms with Crippen molar-refractivity contribution in [2.24, 2.45) is 0 Å². The maximum Gasteiger partial charge on any atom is 0.338 e. The number of esters is 1. The quantitative estimate of drug-likeness (QED) is 0.579. The van der Waals surface area contributed by atoms with E-state index in [1.807, 2.05) is 43.0 Å². The largest absolute Gasteiger partial charge is 0.463 e. The van der Waals surface area contributed by atoms with Crippen molar-refractivity contribution in [1.82, 2.24) is 25.3 Å². The summed E-state index contributed by atoms with van der Waals surface area (Å²) < 4.78 is 5.44. The van der Waals surface area contributed by atoms with Crippen molar-refractivity contribution in [2.75, 3.05) is 46.4 Å². The third-order valence-corrected chi connectivity index (χ3v) is 6.68. The first-order chi connectivity index (χ1) is 16.7. The predicted octanol–water partition coefficient (Wildman–Crippen LogP) is 3.06. The highest BCUT2D eigenvalue weighted by Gasteiger charge is 2.38. The van der Waals surface area contributed by atoms with E-state index >= 15 is 0 Å². The molecular formula is C26H39N5O4. The van der Waals surface area contributed by atoms with Gasteiger partial charge in [-0.05, 0) is 37.8 Å². The van der Waals surface area contributed by atoms with E-state index in [-0.39, 0.29) is 24.7 Å². The van der Waals surface area contributed by atoms with Gasteiger partial charge in [-0.1, -0.05) is 38.1 Å². The summed E-state index contributed by atoms with van der Waals surface area (Å²) in [5.41, 5.74) is 3.11. The Balaban J connectivity index is 1.93. The van der Waals surface area contributed by atoms with Gasteiger partial charge in [0.05, 0.1) is 18.2 Å². The third kappa shape index (κ3) is 5.96. The van der Waals surface area contributed by atoms with E-state index in [4.69, 9.17) is 4.74 Å². The zero-order chi connectivity index (χ0) is 25.7. The maximum absolute atomic E-state index is 13.2. The molecule has 35 heavy (non-hydrogen) atoms. The minimum atomic E-state index is -0.594. The molecule has 1 fully saturated rings. The normalized spacial score (nSPS) is 21.3. The molecule has 9 nitrogen and oxygen atoms in total. The summed E-state index contributed by atoms with van der Waals surface area (Å²) in [6, 6.07) is 7.09. The summed E-state index contributed by atoms with van der Waals surface area (Å²) in [6.45, 7) is 13.0. The lowest BCUT2D eigenvalue weighted by atomic mass is 9.92. The molecule has 2 aliphatic heterocycles. The molecule has 2 N–H and O–H groups in total. The Labute approximate surface area is 208 Å². The molecule has 4 amide bonds. The van der Waals surface area contributed by atoms with Crippen molar-refractivity contribution in [3.05, 3.63) is 46.7 Å². The van der Waals surface area contributed by atoms with Crippen LogP contribution in [0, 0.1) is 0 Å². The Morgan fingerprint density at radius 1 is 1.17 bits per heavy atom. The van der Waals surface area contributed by atoms with Gasteiger partial charge in [-0.15, -0.1) is 0 Å². The standard InChI is InChI=1S/C26H39N5O4/c1-7-27-25(33)31-14-13-30(15-18(31)5)16-21-22(24(32)35-8-2)23(28-26(34)29(21)6)20-11-9-19(10-12-20)17(3)4/h9-12,17-18,23H,7-8,13-16H2,1-6H3,(H,27,33)(H,28,34)/t18-,23+/m0/s1. The Kier molecular flexibility index (Phi) is 8.77. The van der Waals surface area contributed by atoms with E-state index < -0.39 is 12.0 Å². The molecule has 1 aromatic rings. The molecule has 2 heterocycles. The Bertz CT molecular complexity index is 959. The summed E-state index contributed by atoms with van der Waals surface area (Å²) in [7, 11) is 1.68. The molecule has 3 rings (SSSR count). The lowest BCUT2D eigenvalue weighted by Gasteiger charge is -2.42. The smallest absolute Gasteiger partial charge is 0.338 e. The number of benzene rings is 1. The molecule has 0 saturated carbocycles.